The average Bonchev–Trinajstić information content (AvgIpc) is 3.09. The van der Waals surface area contributed by atoms with Crippen molar-refractivity contribution in [3.63, 3.8) is 0 Å². The van der Waals surface area contributed by atoms with Crippen LogP contribution in [-0.4, -0.2) is 25.0 Å². The Morgan fingerprint density at radius 3 is 2.36 bits per heavy atom. The van der Waals surface area contributed by atoms with Crippen molar-refractivity contribution in [1.82, 2.24) is 10.6 Å². The molecule has 6 nitrogen and oxygen atoms in total. The molecule has 0 atom stereocenters. The number of benzene rings is 1. The summed E-state index contributed by atoms with van der Waals surface area (Å²) in [6.07, 6.45) is -3.79. The summed E-state index contributed by atoms with van der Waals surface area (Å²) in [5, 5.41) is 6.15. The molecule has 0 aliphatic heterocycles. The van der Waals surface area contributed by atoms with Gasteiger partial charge in [-0.05, 0) is 43.2 Å². The van der Waals surface area contributed by atoms with E-state index in [1.165, 1.54) is 18.2 Å². The maximum atomic E-state index is 12.6. The lowest BCUT2D eigenvalue weighted by molar-refractivity contribution is -0.137. The number of alkyl halides is 3. The second kappa shape index (κ2) is 10.9. The number of carbonyl (C=O) groups excluding carboxylic acids is 1. The van der Waals surface area contributed by atoms with E-state index < -0.39 is 17.6 Å². The van der Waals surface area contributed by atoms with Crippen LogP contribution < -0.4 is 16.4 Å². The molecule has 4 N–H and O–H groups in total. The normalized spacial score (nSPS) is 11.6. The average molecular weight is 510 g/mol. The molecule has 0 fully saturated rings. The third kappa shape index (κ3) is 7.41. The first-order chi connectivity index (χ1) is 12.8. The molecule has 0 saturated heterocycles. The molecule has 0 spiro atoms. The van der Waals surface area contributed by atoms with Crippen molar-refractivity contribution in [1.29, 1.82) is 0 Å². The molecule has 1 aromatic carbocycles. The Balaban J connectivity index is 0.00000392. The first-order valence-corrected chi connectivity index (χ1v) is 8.36. The summed E-state index contributed by atoms with van der Waals surface area (Å²) >= 11 is 0. The molecule has 1 aromatic heterocycles. The third-order valence-electron chi connectivity index (χ3n) is 3.63. The highest BCUT2D eigenvalue weighted by atomic mass is 127. The predicted octanol–water partition coefficient (Wildman–Crippen LogP) is 3.31. The van der Waals surface area contributed by atoms with E-state index in [1.54, 1.807) is 6.07 Å². The van der Waals surface area contributed by atoms with Gasteiger partial charge in [0.05, 0.1) is 5.56 Å². The Bertz CT molecular complexity index is 789. The summed E-state index contributed by atoms with van der Waals surface area (Å²) in [4.78, 5) is 15.3. The molecule has 2 rings (SSSR count). The van der Waals surface area contributed by atoms with E-state index in [9.17, 15) is 18.0 Å². The summed E-state index contributed by atoms with van der Waals surface area (Å²) < 4.78 is 42.9. The van der Waals surface area contributed by atoms with Crippen molar-refractivity contribution in [2.24, 2.45) is 10.7 Å². The lowest BCUT2D eigenvalue weighted by Crippen LogP contribution is -2.38. The Labute approximate surface area is 177 Å². The number of hydrogen-bond donors (Lipinski definition) is 3. The van der Waals surface area contributed by atoms with Crippen LogP contribution in [0.4, 0.5) is 13.2 Å². The Morgan fingerprint density at radius 1 is 1.14 bits per heavy atom. The lowest BCUT2D eigenvalue weighted by Gasteiger charge is -2.11. The van der Waals surface area contributed by atoms with Gasteiger partial charge in [0.25, 0.3) is 5.91 Å². The fourth-order valence-electron chi connectivity index (χ4n) is 2.28. The number of nitrogens with zero attached hydrogens (tertiary/aromatic N) is 1. The number of rotatable bonds is 7. The van der Waals surface area contributed by atoms with Crippen LogP contribution in [0.25, 0.3) is 0 Å². The van der Waals surface area contributed by atoms with Crippen molar-refractivity contribution in [3.8, 4) is 0 Å². The molecule has 0 aliphatic rings. The zero-order valence-electron chi connectivity index (χ0n) is 15.2. The maximum Gasteiger partial charge on any atom is 0.416 e. The van der Waals surface area contributed by atoms with Gasteiger partial charge in [0, 0.05) is 13.1 Å². The van der Waals surface area contributed by atoms with Crippen LogP contribution in [-0.2, 0) is 19.1 Å². The van der Waals surface area contributed by atoms with E-state index in [4.69, 9.17) is 10.2 Å². The van der Waals surface area contributed by atoms with Gasteiger partial charge in [-0.2, -0.15) is 13.2 Å². The molecule has 0 saturated carbocycles. The molecule has 2 aromatic rings. The number of furan rings is 1. The first-order valence-electron chi connectivity index (χ1n) is 8.36. The molecular formula is C18H22F3IN4O2. The summed E-state index contributed by atoms with van der Waals surface area (Å²) in [6, 6.07) is 8.17. The van der Waals surface area contributed by atoms with Crippen LogP contribution in [0.3, 0.4) is 0 Å². The second-order valence-corrected chi connectivity index (χ2v) is 5.70. The smallest absolute Gasteiger partial charge is 0.416 e. The van der Waals surface area contributed by atoms with Crippen molar-refractivity contribution >= 4 is 35.8 Å². The van der Waals surface area contributed by atoms with Crippen LogP contribution >= 0.6 is 24.0 Å². The summed E-state index contributed by atoms with van der Waals surface area (Å²) in [5.74, 6) is 0.442. The zero-order chi connectivity index (χ0) is 19.9. The quantitative estimate of drug-likeness (QED) is 0.303. The molecule has 0 radical (unpaired) electrons. The molecule has 0 bridgehead atoms. The van der Waals surface area contributed by atoms with Crippen LogP contribution in [0.5, 0.6) is 0 Å². The highest BCUT2D eigenvalue weighted by molar-refractivity contribution is 14.0. The van der Waals surface area contributed by atoms with Crippen molar-refractivity contribution < 1.29 is 22.4 Å². The molecule has 0 aliphatic carbocycles. The van der Waals surface area contributed by atoms with E-state index in [2.05, 4.69) is 15.6 Å². The van der Waals surface area contributed by atoms with E-state index >= 15 is 0 Å². The maximum absolute atomic E-state index is 12.6. The standard InChI is InChI=1S/C18H21F3N4O2.HI/c1-2-23-17(25-11-14-7-8-15(27-14)16(22)26)24-10-9-12-3-5-13(6-4-12)18(19,20)21;/h3-8H,2,9-11H2,1H3,(H2,22,26)(H2,23,24,25);1H. The van der Waals surface area contributed by atoms with Crippen LogP contribution in [0.1, 0.15) is 34.4 Å². The molecule has 0 unspecified atom stereocenters. The third-order valence-corrected chi connectivity index (χ3v) is 3.63. The van der Waals surface area contributed by atoms with Gasteiger partial charge in [-0.15, -0.1) is 24.0 Å². The van der Waals surface area contributed by atoms with Crippen molar-refractivity contribution in [2.75, 3.05) is 13.1 Å². The fourth-order valence-corrected chi connectivity index (χ4v) is 2.28. The number of aliphatic imine (C=N–C) groups is 1. The summed E-state index contributed by atoms with van der Waals surface area (Å²) in [7, 11) is 0. The number of primary amides is 1. The highest BCUT2D eigenvalue weighted by Gasteiger charge is 2.29. The van der Waals surface area contributed by atoms with Crippen LogP contribution in [0.2, 0.25) is 0 Å². The number of halogens is 4. The van der Waals surface area contributed by atoms with Gasteiger partial charge >= 0.3 is 6.18 Å². The predicted molar refractivity (Wildman–Crippen MR) is 111 cm³/mol. The Morgan fingerprint density at radius 2 is 1.82 bits per heavy atom. The Kier molecular flexibility index (Phi) is 9.29. The van der Waals surface area contributed by atoms with Gasteiger partial charge in [-0.1, -0.05) is 12.1 Å². The van der Waals surface area contributed by atoms with Gasteiger partial charge in [0.2, 0.25) is 0 Å². The number of nitrogens with two attached hydrogens (primary N) is 1. The molecule has 28 heavy (non-hydrogen) atoms. The highest BCUT2D eigenvalue weighted by Crippen LogP contribution is 2.29. The van der Waals surface area contributed by atoms with Crippen LogP contribution in [0, 0.1) is 0 Å². The van der Waals surface area contributed by atoms with Gasteiger partial charge in [0.15, 0.2) is 11.7 Å². The minimum atomic E-state index is -4.33. The fraction of sp³-hybridized carbons (Fsp3) is 0.333. The van der Waals surface area contributed by atoms with E-state index in [0.717, 1.165) is 17.7 Å². The van der Waals surface area contributed by atoms with Crippen LogP contribution in [0.15, 0.2) is 45.8 Å². The minimum Gasteiger partial charge on any atom is -0.454 e. The molecular weight excluding hydrogens is 488 g/mol. The van der Waals surface area contributed by atoms with Gasteiger partial charge in [0.1, 0.15) is 12.3 Å². The number of amides is 1. The van der Waals surface area contributed by atoms with Crippen molar-refractivity contribution in [2.45, 2.75) is 26.1 Å². The molecule has 154 valence electrons. The number of hydrogen-bond acceptors (Lipinski definition) is 3. The topological polar surface area (TPSA) is 92.6 Å². The van der Waals surface area contributed by atoms with E-state index in [1.807, 2.05) is 6.92 Å². The lowest BCUT2D eigenvalue weighted by atomic mass is 10.1. The zero-order valence-corrected chi connectivity index (χ0v) is 17.5. The number of guanidine groups is 1. The molecule has 10 heteroatoms. The Hall–Kier alpha value is -2.24. The first kappa shape index (κ1) is 23.8. The van der Waals surface area contributed by atoms with Crippen molar-refractivity contribution in [3.05, 3.63) is 59.0 Å². The monoisotopic (exact) mass is 510 g/mol. The van der Waals surface area contributed by atoms with Gasteiger partial charge in [-0.25, -0.2) is 4.99 Å². The minimum absolute atomic E-state index is 0. The SMILES string of the molecule is CCNC(=NCc1ccc(C(N)=O)o1)NCCc1ccc(C(F)(F)F)cc1.I. The summed E-state index contributed by atoms with van der Waals surface area (Å²) in [5.41, 5.74) is 5.25. The van der Waals surface area contributed by atoms with E-state index in [-0.39, 0.29) is 36.3 Å². The summed E-state index contributed by atoms with van der Waals surface area (Å²) in [6.45, 7) is 3.24. The molecule has 1 amide bonds. The van der Waals surface area contributed by atoms with Gasteiger partial charge < -0.3 is 20.8 Å². The van der Waals surface area contributed by atoms with Gasteiger partial charge in [-0.3, -0.25) is 4.79 Å². The largest absolute Gasteiger partial charge is 0.454 e. The van der Waals surface area contributed by atoms with E-state index in [0.29, 0.717) is 31.2 Å². The number of nitrogens with one attached hydrogen (secondary N) is 2. The molecule has 1 heterocycles. The second-order valence-electron chi connectivity index (χ2n) is 5.70. The number of carbonyl (C=O) groups is 1.